The van der Waals surface area contributed by atoms with Gasteiger partial charge in [-0.05, 0) is 42.0 Å². The van der Waals surface area contributed by atoms with Crippen molar-refractivity contribution in [3.63, 3.8) is 0 Å². The third-order valence-corrected chi connectivity index (χ3v) is 3.99. The van der Waals surface area contributed by atoms with Crippen molar-refractivity contribution in [3.8, 4) is 11.5 Å². The topological polar surface area (TPSA) is 44.5 Å². The van der Waals surface area contributed by atoms with E-state index in [4.69, 9.17) is 15.2 Å². The maximum Gasteiger partial charge on any atom is 0.161 e. The quantitative estimate of drug-likeness (QED) is 0.872. The molecule has 18 heavy (non-hydrogen) atoms. The Hall–Kier alpha value is -1.22. The van der Waals surface area contributed by atoms with Crippen LogP contribution < -0.4 is 15.2 Å². The molecule has 1 aliphatic rings. The zero-order valence-electron chi connectivity index (χ0n) is 11.7. The number of hydrogen-bond donors (Lipinski definition) is 1. The van der Waals surface area contributed by atoms with Crippen LogP contribution in [0.15, 0.2) is 12.1 Å². The standard InChI is InChI=1S/C15H23NO2/c1-10(2)11-7-13(17-3)14(18-4)8-12(11)15(9-16)5-6-15/h7-8,10H,5-6,9,16H2,1-4H3. The Kier molecular flexibility index (Phi) is 3.53. The lowest BCUT2D eigenvalue weighted by Crippen LogP contribution is -2.22. The van der Waals surface area contributed by atoms with Crippen molar-refractivity contribution < 1.29 is 9.47 Å². The van der Waals surface area contributed by atoms with E-state index in [1.165, 1.54) is 24.0 Å². The minimum Gasteiger partial charge on any atom is -0.493 e. The van der Waals surface area contributed by atoms with Gasteiger partial charge in [-0.15, -0.1) is 0 Å². The van der Waals surface area contributed by atoms with E-state index in [-0.39, 0.29) is 5.41 Å². The Morgan fingerprint density at radius 2 is 1.72 bits per heavy atom. The van der Waals surface area contributed by atoms with E-state index in [1.807, 2.05) is 0 Å². The highest BCUT2D eigenvalue weighted by Crippen LogP contribution is 2.51. The SMILES string of the molecule is COc1cc(C(C)C)c(C2(CN)CC2)cc1OC. The molecule has 0 saturated heterocycles. The third-order valence-electron chi connectivity index (χ3n) is 3.99. The second kappa shape index (κ2) is 4.81. The van der Waals surface area contributed by atoms with Crippen LogP contribution in [0.4, 0.5) is 0 Å². The summed E-state index contributed by atoms with van der Waals surface area (Å²) in [7, 11) is 3.36. The summed E-state index contributed by atoms with van der Waals surface area (Å²) in [5.74, 6) is 2.07. The summed E-state index contributed by atoms with van der Waals surface area (Å²) in [6, 6.07) is 4.22. The van der Waals surface area contributed by atoms with Crippen molar-refractivity contribution in [2.24, 2.45) is 5.73 Å². The molecule has 3 heteroatoms. The lowest BCUT2D eigenvalue weighted by molar-refractivity contribution is 0.353. The fourth-order valence-electron chi connectivity index (χ4n) is 2.57. The van der Waals surface area contributed by atoms with Crippen molar-refractivity contribution in [3.05, 3.63) is 23.3 Å². The van der Waals surface area contributed by atoms with Crippen LogP contribution in [-0.2, 0) is 5.41 Å². The van der Waals surface area contributed by atoms with Crippen LogP contribution in [0, 0.1) is 0 Å². The Balaban J connectivity index is 2.56. The maximum absolute atomic E-state index is 5.96. The average Bonchev–Trinajstić information content (AvgIpc) is 3.17. The van der Waals surface area contributed by atoms with E-state index in [0.29, 0.717) is 12.5 Å². The zero-order chi connectivity index (χ0) is 13.3. The van der Waals surface area contributed by atoms with E-state index >= 15 is 0 Å². The fraction of sp³-hybridized carbons (Fsp3) is 0.600. The first-order valence-corrected chi connectivity index (χ1v) is 6.54. The Morgan fingerprint density at radius 1 is 1.17 bits per heavy atom. The Morgan fingerprint density at radius 3 is 2.11 bits per heavy atom. The van der Waals surface area contributed by atoms with Gasteiger partial charge in [0.2, 0.25) is 0 Å². The predicted octanol–water partition coefficient (Wildman–Crippen LogP) is 2.82. The molecular formula is C15H23NO2. The van der Waals surface area contributed by atoms with Crippen molar-refractivity contribution in [1.82, 2.24) is 0 Å². The van der Waals surface area contributed by atoms with Crippen LogP contribution >= 0.6 is 0 Å². The fourth-order valence-corrected chi connectivity index (χ4v) is 2.57. The van der Waals surface area contributed by atoms with Gasteiger partial charge in [-0.1, -0.05) is 13.8 Å². The first kappa shape index (κ1) is 13.2. The number of methoxy groups -OCH3 is 2. The average molecular weight is 249 g/mol. The van der Waals surface area contributed by atoms with Gasteiger partial charge in [0.25, 0.3) is 0 Å². The molecule has 100 valence electrons. The van der Waals surface area contributed by atoms with Gasteiger partial charge in [-0.25, -0.2) is 0 Å². The van der Waals surface area contributed by atoms with Crippen molar-refractivity contribution in [1.29, 1.82) is 0 Å². The van der Waals surface area contributed by atoms with Gasteiger partial charge in [-0.2, -0.15) is 0 Å². The summed E-state index contributed by atoms with van der Waals surface area (Å²) in [6.45, 7) is 5.12. The second-order valence-electron chi connectivity index (χ2n) is 5.43. The number of rotatable bonds is 5. The first-order valence-electron chi connectivity index (χ1n) is 6.54. The van der Waals surface area contributed by atoms with Crippen LogP contribution in [0.25, 0.3) is 0 Å². The lowest BCUT2D eigenvalue weighted by Gasteiger charge is -2.22. The van der Waals surface area contributed by atoms with Crippen LogP contribution in [-0.4, -0.2) is 20.8 Å². The van der Waals surface area contributed by atoms with Crippen LogP contribution in [0.1, 0.15) is 43.7 Å². The van der Waals surface area contributed by atoms with Crippen molar-refractivity contribution in [2.75, 3.05) is 20.8 Å². The largest absolute Gasteiger partial charge is 0.493 e. The zero-order valence-corrected chi connectivity index (χ0v) is 11.7. The molecule has 0 heterocycles. The van der Waals surface area contributed by atoms with Gasteiger partial charge in [0.05, 0.1) is 14.2 Å². The molecule has 2 rings (SSSR count). The Labute approximate surface area is 109 Å². The molecule has 0 unspecified atom stereocenters. The van der Waals surface area contributed by atoms with Crippen molar-refractivity contribution in [2.45, 2.75) is 38.0 Å². The van der Waals surface area contributed by atoms with E-state index in [2.05, 4.69) is 26.0 Å². The highest BCUT2D eigenvalue weighted by Gasteiger charge is 2.45. The molecule has 1 aliphatic carbocycles. The number of benzene rings is 1. The summed E-state index contributed by atoms with van der Waals surface area (Å²) in [5, 5.41) is 0. The monoisotopic (exact) mass is 249 g/mol. The summed E-state index contributed by atoms with van der Waals surface area (Å²) in [6.07, 6.45) is 2.36. The molecule has 0 aromatic heterocycles. The molecule has 1 aromatic carbocycles. The molecule has 1 saturated carbocycles. The highest BCUT2D eigenvalue weighted by atomic mass is 16.5. The molecular weight excluding hydrogens is 226 g/mol. The van der Waals surface area contributed by atoms with Crippen LogP contribution in [0.2, 0.25) is 0 Å². The van der Waals surface area contributed by atoms with E-state index in [0.717, 1.165) is 11.5 Å². The van der Waals surface area contributed by atoms with Crippen LogP contribution in [0.3, 0.4) is 0 Å². The number of hydrogen-bond acceptors (Lipinski definition) is 3. The summed E-state index contributed by atoms with van der Waals surface area (Å²) < 4.78 is 10.8. The molecule has 0 amide bonds. The molecule has 1 fully saturated rings. The lowest BCUT2D eigenvalue weighted by atomic mass is 9.86. The molecule has 0 radical (unpaired) electrons. The van der Waals surface area contributed by atoms with Crippen LogP contribution in [0.5, 0.6) is 11.5 Å². The van der Waals surface area contributed by atoms with Gasteiger partial charge < -0.3 is 15.2 Å². The Bertz CT molecular complexity index is 436. The minimum absolute atomic E-state index is 0.180. The smallest absolute Gasteiger partial charge is 0.161 e. The highest BCUT2D eigenvalue weighted by molar-refractivity contribution is 5.52. The van der Waals surface area contributed by atoms with Gasteiger partial charge >= 0.3 is 0 Å². The van der Waals surface area contributed by atoms with Gasteiger partial charge in [0, 0.05) is 12.0 Å². The molecule has 0 spiro atoms. The van der Waals surface area contributed by atoms with Gasteiger partial charge in [0.15, 0.2) is 11.5 Å². The predicted molar refractivity (Wildman–Crippen MR) is 73.6 cm³/mol. The van der Waals surface area contributed by atoms with Gasteiger partial charge in [0.1, 0.15) is 0 Å². The number of nitrogens with two attached hydrogens (primary N) is 1. The third kappa shape index (κ3) is 2.07. The molecule has 2 N–H and O–H groups in total. The van der Waals surface area contributed by atoms with E-state index < -0.39 is 0 Å². The summed E-state index contributed by atoms with van der Waals surface area (Å²) in [4.78, 5) is 0. The molecule has 3 nitrogen and oxygen atoms in total. The van der Waals surface area contributed by atoms with Crippen molar-refractivity contribution >= 4 is 0 Å². The number of ether oxygens (including phenoxy) is 2. The van der Waals surface area contributed by atoms with E-state index in [1.54, 1.807) is 14.2 Å². The van der Waals surface area contributed by atoms with E-state index in [9.17, 15) is 0 Å². The molecule has 0 atom stereocenters. The summed E-state index contributed by atoms with van der Waals surface area (Å²) in [5.41, 5.74) is 8.81. The summed E-state index contributed by atoms with van der Waals surface area (Å²) >= 11 is 0. The molecule has 1 aromatic rings. The molecule has 0 aliphatic heterocycles. The van der Waals surface area contributed by atoms with Gasteiger partial charge in [-0.3, -0.25) is 0 Å². The normalized spacial score (nSPS) is 16.8. The second-order valence-corrected chi connectivity index (χ2v) is 5.43. The maximum atomic E-state index is 5.96. The first-order chi connectivity index (χ1) is 8.57. The molecule has 0 bridgehead atoms. The minimum atomic E-state index is 0.180.